The Balaban J connectivity index is 1.54. The van der Waals surface area contributed by atoms with E-state index in [1.54, 1.807) is 13.1 Å². The van der Waals surface area contributed by atoms with E-state index in [4.69, 9.17) is 4.99 Å². The number of aryl methyl sites for hydroxylation is 1. The number of Topliss-reactive ketones (excluding diaryl/α,β-unsaturated/α-hetero) is 1. The number of anilines is 1. The van der Waals surface area contributed by atoms with Gasteiger partial charge in [0.1, 0.15) is 5.78 Å². The van der Waals surface area contributed by atoms with Gasteiger partial charge < -0.3 is 9.88 Å². The molecule has 1 saturated heterocycles. The summed E-state index contributed by atoms with van der Waals surface area (Å²) in [6.07, 6.45) is 9.64. The molecule has 3 heterocycles. The molecule has 7 heteroatoms. The molecule has 5 rings (SSSR count). The normalized spacial score (nSPS) is 15.6. The quantitative estimate of drug-likeness (QED) is 0.248. The Bertz CT molecular complexity index is 1500. The van der Waals surface area contributed by atoms with E-state index >= 15 is 0 Å². The van der Waals surface area contributed by atoms with Crippen molar-refractivity contribution in [3.05, 3.63) is 72.7 Å². The summed E-state index contributed by atoms with van der Waals surface area (Å²) in [4.78, 5) is 27.4. The minimum absolute atomic E-state index is 0.0690. The number of nitrogens with zero attached hydrogens (tertiary/aromatic N) is 5. The van der Waals surface area contributed by atoms with Crippen molar-refractivity contribution in [2.45, 2.75) is 32.7 Å². The average Bonchev–Trinajstić information content (AvgIpc) is 3.32. The molecule has 200 valence electrons. The Morgan fingerprint density at radius 2 is 2.03 bits per heavy atom. The summed E-state index contributed by atoms with van der Waals surface area (Å²) in [6.45, 7) is 9.80. The van der Waals surface area contributed by atoms with Crippen molar-refractivity contribution in [3.63, 3.8) is 0 Å². The Kier molecular flexibility index (Phi) is 7.98. The number of hydrogen-bond donors (Lipinski definition) is 1. The molecule has 2 aromatic heterocycles. The SMILES string of the molecule is C=Nc1cc(NC(c2cccnc2)C2CCN(CC(C)=O)CC2)cc(-c2ccc3ccn(C)c3c2)c1/N=C\C. The number of aromatic nitrogens is 2. The molecule has 1 atom stereocenters. The van der Waals surface area contributed by atoms with Crippen molar-refractivity contribution in [3.8, 4) is 11.1 Å². The van der Waals surface area contributed by atoms with E-state index < -0.39 is 0 Å². The van der Waals surface area contributed by atoms with Crippen LogP contribution >= 0.6 is 0 Å². The number of likely N-dealkylation sites (tertiary alicyclic amines) is 1. The maximum Gasteiger partial charge on any atom is 0.143 e. The highest BCUT2D eigenvalue weighted by Gasteiger charge is 2.29. The second kappa shape index (κ2) is 11.7. The highest BCUT2D eigenvalue weighted by Crippen LogP contribution is 2.43. The third-order valence-electron chi connectivity index (χ3n) is 7.63. The van der Waals surface area contributed by atoms with Crippen molar-refractivity contribution < 1.29 is 4.79 Å². The minimum atomic E-state index is 0.0690. The van der Waals surface area contributed by atoms with Gasteiger partial charge in [0, 0.05) is 48.6 Å². The van der Waals surface area contributed by atoms with Gasteiger partial charge in [-0.3, -0.25) is 24.7 Å². The van der Waals surface area contributed by atoms with E-state index in [0.29, 0.717) is 12.5 Å². The van der Waals surface area contributed by atoms with Crippen LogP contribution in [-0.2, 0) is 11.8 Å². The van der Waals surface area contributed by atoms with Crippen LogP contribution in [0.3, 0.4) is 0 Å². The molecule has 1 aliphatic heterocycles. The Labute approximate surface area is 230 Å². The van der Waals surface area contributed by atoms with Gasteiger partial charge in [-0.15, -0.1) is 0 Å². The second-order valence-corrected chi connectivity index (χ2v) is 10.4. The van der Waals surface area contributed by atoms with Gasteiger partial charge in [-0.1, -0.05) is 18.2 Å². The molecular weight excluding hydrogens is 484 g/mol. The van der Waals surface area contributed by atoms with Crippen molar-refractivity contribution >= 4 is 46.7 Å². The van der Waals surface area contributed by atoms with Gasteiger partial charge in [-0.05, 0) is 99.3 Å². The summed E-state index contributed by atoms with van der Waals surface area (Å²) >= 11 is 0. The molecular formula is C32H36N6O. The lowest BCUT2D eigenvalue weighted by molar-refractivity contribution is -0.118. The molecule has 0 aliphatic carbocycles. The van der Waals surface area contributed by atoms with E-state index in [1.165, 1.54) is 5.39 Å². The van der Waals surface area contributed by atoms with E-state index in [9.17, 15) is 4.79 Å². The van der Waals surface area contributed by atoms with Crippen LogP contribution in [0.25, 0.3) is 22.0 Å². The van der Waals surface area contributed by atoms with Crippen LogP contribution in [-0.4, -0.2) is 52.8 Å². The molecule has 0 saturated carbocycles. The fourth-order valence-electron chi connectivity index (χ4n) is 5.71. The van der Waals surface area contributed by atoms with Gasteiger partial charge in [-0.25, -0.2) is 0 Å². The van der Waals surface area contributed by atoms with Gasteiger partial charge in [0.25, 0.3) is 0 Å². The van der Waals surface area contributed by atoms with Crippen molar-refractivity contribution in [2.75, 3.05) is 25.0 Å². The first kappa shape index (κ1) is 26.5. The molecule has 1 aliphatic rings. The molecule has 0 amide bonds. The van der Waals surface area contributed by atoms with Gasteiger partial charge in [0.15, 0.2) is 0 Å². The number of carbonyl (C=O) groups is 1. The van der Waals surface area contributed by atoms with Crippen LogP contribution in [0.4, 0.5) is 17.1 Å². The topological polar surface area (TPSA) is 74.9 Å². The molecule has 4 aromatic rings. The van der Waals surface area contributed by atoms with Crippen molar-refractivity contribution in [1.29, 1.82) is 0 Å². The molecule has 2 aromatic carbocycles. The Morgan fingerprint density at radius 1 is 1.21 bits per heavy atom. The van der Waals surface area contributed by atoms with E-state index in [2.05, 4.69) is 81.1 Å². The highest BCUT2D eigenvalue weighted by atomic mass is 16.1. The van der Waals surface area contributed by atoms with Crippen LogP contribution in [0.5, 0.6) is 0 Å². The average molecular weight is 521 g/mol. The maximum absolute atomic E-state index is 11.7. The third kappa shape index (κ3) is 5.83. The standard InChI is InChI=1S/C32H36N6O/c1-5-35-32-28(25-9-8-23-10-14-37(4)30(23)17-25)18-27(19-29(32)33-3)36-31(26-7-6-13-34-20-26)24-11-15-38(16-12-24)21-22(2)39/h5-10,13-14,17-20,24,31,36H,3,11-12,15-16,21H2,1-2,4H3/b35-5-. The maximum atomic E-state index is 11.7. The fraction of sp³-hybridized carbons (Fsp3) is 0.312. The first-order valence-electron chi connectivity index (χ1n) is 13.5. The highest BCUT2D eigenvalue weighted by molar-refractivity contribution is 5.93. The Morgan fingerprint density at radius 3 is 2.72 bits per heavy atom. The first-order valence-corrected chi connectivity index (χ1v) is 13.5. The monoisotopic (exact) mass is 520 g/mol. The van der Waals surface area contributed by atoms with Gasteiger partial charge in [0.2, 0.25) is 0 Å². The zero-order chi connectivity index (χ0) is 27.4. The lowest BCUT2D eigenvalue weighted by Gasteiger charge is -2.36. The van der Waals surface area contributed by atoms with Crippen LogP contribution in [0.1, 0.15) is 38.3 Å². The number of fused-ring (bicyclic) bond motifs is 1. The first-order chi connectivity index (χ1) is 19.0. The number of rotatable bonds is 9. The van der Waals surface area contributed by atoms with Crippen molar-refractivity contribution in [2.24, 2.45) is 23.0 Å². The smallest absolute Gasteiger partial charge is 0.143 e. The lowest BCUT2D eigenvalue weighted by Crippen LogP contribution is -2.39. The molecule has 1 unspecified atom stereocenters. The number of nitrogens with one attached hydrogen (secondary N) is 1. The summed E-state index contributed by atoms with van der Waals surface area (Å²) < 4.78 is 2.13. The molecule has 0 bridgehead atoms. The predicted octanol–water partition coefficient (Wildman–Crippen LogP) is 6.75. The number of ketones is 1. The van der Waals surface area contributed by atoms with Crippen LogP contribution in [0, 0.1) is 5.92 Å². The molecule has 7 nitrogen and oxygen atoms in total. The Hall–Kier alpha value is -4.10. The number of hydrogen-bond acceptors (Lipinski definition) is 6. The summed E-state index contributed by atoms with van der Waals surface area (Å²) in [5.74, 6) is 0.616. The van der Waals surface area contributed by atoms with Crippen LogP contribution in [0.2, 0.25) is 0 Å². The fourth-order valence-corrected chi connectivity index (χ4v) is 5.71. The predicted molar refractivity (Wildman–Crippen MR) is 162 cm³/mol. The summed E-state index contributed by atoms with van der Waals surface area (Å²) in [6, 6.07) is 17.0. The summed E-state index contributed by atoms with van der Waals surface area (Å²) in [5.41, 5.74) is 6.91. The lowest BCUT2D eigenvalue weighted by atomic mass is 9.85. The number of carbonyl (C=O) groups excluding carboxylic acids is 1. The number of pyridine rings is 1. The molecule has 0 spiro atoms. The van der Waals surface area contributed by atoms with Crippen LogP contribution < -0.4 is 5.32 Å². The molecule has 0 radical (unpaired) electrons. The summed E-state index contributed by atoms with van der Waals surface area (Å²) in [7, 11) is 2.06. The largest absolute Gasteiger partial charge is 0.378 e. The minimum Gasteiger partial charge on any atom is -0.378 e. The summed E-state index contributed by atoms with van der Waals surface area (Å²) in [5, 5.41) is 5.05. The zero-order valence-electron chi connectivity index (χ0n) is 23.0. The number of benzene rings is 2. The van der Waals surface area contributed by atoms with Gasteiger partial charge in [0.05, 0.1) is 24.0 Å². The zero-order valence-corrected chi connectivity index (χ0v) is 23.0. The second-order valence-electron chi connectivity index (χ2n) is 10.4. The third-order valence-corrected chi connectivity index (χ3v) is 7.63. The molecule has 39 heavy (non-hydrogen) atoms. The number of piperidine rings is 1. The van der Waals surface area contributed by atoms with E-state index in [1.807, 2.05) is 31.5 Å². The number of aliphatic imine (C=N–C) groups is 2. The molecule has 1 fully saturated rings. The van der Waals surface area contributed by atoms with E-state index in [-0.39, 0.29) is 11.8 Å². The van der Waals surface area contributed by atoms with E-state index in [0.717, 1.165) is 65.2 Å². The van der Waals surface area contributed by atoms with Crippen LogP contribution in [0.15, 0.2) is 77.1 Å². The van der Waals surface area contributed by atoms with Gasteiger partial charge in [-0.2, -0.15) is 0 Å². The van der Waals surface area contributed by atoms with Crippen molar-refractivity contribution in [1.82, 2.24) is 14.5 Å². The van der Waals surface area contributed by atoms with Gasteiger partial charge >= 0.3 is 0 Å². The molecule has 1 N–H and O–H groups in total.